The second kappa shape index (κ2) is 7.27. The van der Waals surface area contributed by atoms with Gasteiger partial charge in [-0.25, -0.2) is 0 Å². The van der Waals surface area contributed by atoms with Gasteiger partial charge in [0, 0.05) is 41.5 Å². The maximum absolute atomic E-state index is 4.67. The smallest absolute Gasteiger partial charge is 0.128 e. The predicted octanol–water partition coefficient (Wildman–Crippen LogP) is 3.12. The van der Waals surface area contributed by atoms with Gasteiger partial charge in [-0.05, 0) is 11.6 Å². The Morgan fingerprint density at radius 2 is 1.04 bits per heavy atom. The van der Waals surface area contributed by atoms with Gasteiger partial charge in [0.25, 0.3) is 0 Å². The Bertz CT molecular complexity index is 945. The number of hydrogen-bond acceptors (Lipinski definition) is 5. The summed E-state index contributed by atoms with van der Waals surface area (Å²) in [6.07, 6.45) is 1.94. The van der Waals surface area contributed by atoms with Crippen LogP contribution in [0.1, 0.15) is 11.1 Å². The van der Waals surface area contributed by atoms with E-state index in [1.807, 2.05) is 6.20 Å². The zero-order chi connectivity index (χ0) is 18.8. The molecule has 3 aromatic rings. The summed E-state index contributed by atoms with van der Waals surface area (Å²) in [6.45, 7) is 3.56. The quantitative estimate of drug-likeness (QED) is 0.745. The van der Waals surface area contributed by atoms with E-state index in [1.54, 1.807) is 0 Å². The number of pyridine rings is 1. The predicted molar refractivity (Wildman–Crippen MR) is 114 cm³/mol. The highest BCUT2D eigenvalue weighted by Gasteiger charge is 2.10. The zero-order valence-electron chi connectivity index (χ0n) is 15.5. The van der Waals surface area contributed by atoms with Crippen LogP contribution in [0.2, 0.25) is 0 Å². The van der Waals surface area contributed by atoms with Crippen molar-refractivity contribution in [3.8, 4) is 22.4 Å². The number of hydrogen-bond donors (Lipinski definition) is 2. The van der Waals surface area contributed by atoms with Gasteiger partial charge >= 0.3 is 0 Å². The van der Waals surface area contributed by atoms with Gasteiger partial charge in [0.05, 0.1) is 18.8 Å². The fourth-order valence-corrected chi connectivity index (χ4v) is 3.54. The molecule has 5 rings (SSSR count). The van der Waals surface area contributed by atoms with E-state index in [-0.39, 0.29) is 0 Å². The van der Waals surface area contributed by atoms with E-state index in [4.69, 9.17) is 0 Å². The summed E-state index contributed by atoms with van der Waals surface area (Å²) in [7, 11) is 0. The van der Waals surface area contributed by atoms with E-state index < -0.39 is 0 Å². The van der Waals surface area contributed by atoms with Gasteiger partial charge in [-0.3, -0.25) is 15.0 Å². The van der Waals surface area contributed by atoms with Crippen molar-refractivity contribution in [3.05, 3.63) is 78.0 Å². The van der Waals surface area contributed by atoms with E-state index in [9.17, 15) is 0 Å². The Hall–Kier alpha value is -3.47. The summed E-state index contributed by atoms with van der Waals surface area (Å²) in [6, 6.07) is 21.1. The first-order valence-electron chi connectivity index (χ1n) is 9.61. The van der Waals surface area contributed by atoms with E-state index in [0.29, 0.717) is 0 Å². The molecule has 2 aliphatic heterocycles. The monoisotopic (exact) mass is 367 g/mol. The molecule has 28 heavy (non-hydrogen) atoms. The van der Waals surface area contributed by atoms with Gasteiger partial charge in [-0.15, -0.1) is 0 Å². The minimum atomic E-state index is 0.853. The van der Waals surface area contributed by atoms with E-state index >= 15 is 0 Å². The van der Waals surface area contributed by atoms with Gasteiger partial charge in [0.1, 0.15) is 11.7 Å². The largest absolute Gasteiger partial charge is 0.368 e. The fraction of sp³-hybridized carbons (Fsp3) is 0.174. The van der Waals surface area contributed by atoms with Crippen LogP contribution in [0, 0.1) is 0 Å². The molecule has 0 bridgehead atoms. The number of aliphatic imine (C=N–C) groups is 2. The van der Waals surface area contributed by atoms with Crippen LogP contribution in [0.15, 0.2) is 76.8 Å². The van der Waals surface area contributed by atoms with Crippen molar-refractivity contribution in [1.29, 1.82) is 0 Å². The third-order valence-electron chi connectivity index (χ3n) is 5.06. The second-order valence-corrected chi connectivity index (χ2v) is 6.90. The van der Waals surface area contributed by atoms with Crippen molar-refractivity contribution in [2.75, 3.05) is 26.2 Å². The van der Waals surface area contributed by atoms with Crippen molar-refractivity contribution >= 4 is 11.7 Å². The maximum atomic E-state index is 4.67. The molecular weight excluding hydrogens is 346 g/mol. The minimum Gasteiger partial charge on any atom is -0.368 e. The van der Waals surface area contributed by atoms with E-state index in [0.717, 1.165) is 71.4 Å². The van der Waals surface area contributed by atoms with Crippen LogP contribution in [-0.2, 0) is 0 Å². The molecular formula is C23H21N5. The van der Waals surface area contributed by atoms with Gasteiger partial charge < -0.3 is 10.6 Å². The number of nitrogens with zero attached hydrogens (tertiary/aromatic N) is 3. The van der Waals surface area contributed by atoms with Crippen LogP contribution in [0.25, 0.3) is 22.4 Å². The van der Waals surface area contributed by atoms with Crippen molar-refractivity contribution in [2.24, 2.45) is 9.98 Å². The van der Waals surface area contributed by atoms with Crippen molar-refractivity contribution in [1.82, 2.24) is 15.6 Å². The minimum absolute atomic E-state index is 0.853. The number of amidine groups is 2. The number of rotatable bonds is 4. The highest BCUT2D eigenvalue weighted by molar-refractivity contribution is 6.00. The lowest BCUT2D eigenvalue weighted by Crippen LogP contribution is -2.19. The van der Waals surface area contributed by atoms with Crippen LogP contribution in [-0.4, -0.2) is 42.8 Å². The van der Waals surface area contributed by atoms with Crippen molar-refractivity contribution < 1.29 is 0 Å². The molecule has 2 aromatic carbocycles. The molecule has 1 aromatic heterocycles. The Morgan fingerprint density at radius 3 is 1.50 bits per heavy atom. The number of nitrogens with one attached hydrogen (secondary N) is 2. The third-order valence-corrected chi connectivity index (χ3v) is 5.06. The summed E-state index contributed by atoms with van der Waals surface area (Å²) in [5.41, 5.74) is 6.60. The summed E-state index contributed by atoms with van der Waals surface area (Å²) in [5, 5.41) is 6.61. The molecule has 0 spiro atoms. The molecule has 2 N–H and O–H groups in total. The van der Waals surface area contributed by atoms with Crippen molar-refractivity contribution in [3.63, 3.8) is 0 Å². The Labute approximate surface area is 164 Å². The highest BCUT2D eigenvalue weighted by Crippen LogP contribution is 2.23. The maximum Gasteiger partial charge on any atom is 0.128 e. The molecule has 3 heterocycles. The van der Waals surface area contributed by atoms with Crippen LogP contribution in [0.4, 0.5) is 0 Å². The molecule has 0 radical (unpaired) electrons. The van der Waals surface area contributed by atoms with Crippen LogP contribution in [0.5, 0.6) is 0 Å². The molecule has 0 aliphatic carbocycles. The average molecular weight is 367 g/mol. The normalized spacial score (nSPS) is 15.6. The van der Waals surface area contributed by atoms with Gasteiger partial charge in [0.2, 0.25) is 0 Å². The topological polar surface area (TPSA) is 61.7 Å². The Morgan fingerprint density at radius 1 is 0.536 bits per heavy atom. The molecule has 5 heteroatoms. The SMILES string of the molecule is c1cc(-c2ccc(-c3ccc(C4=NCCN4)cc3)nc2)ccc1C1=NCCN1. The lowest BCUT2D eigenvalue weighted by Gasteiger charge is -2.07. The summed E-state index contributed by atoms with van der Waals surface area (Å²) in [4.78, 5) is 13.6. The lowest BCUT2D eigenvalue weighted by atomic mass is 10.0. The van der Waals surface area contributed by atoms with Crippen molar-refractivity contribution in [2.45, 2.75) is 0 Å². The molecule has 0 fully saturated rings. The standard InChI is InChI=1S/C23H21N5/c1-5-18(22-24-11-12-25-22)6-2-16(1)20-9-10-21(28-15-20)17-3-7-19(8-4-17)23-26-13-14-27-23/h1-10,15H,11-14H2,(H,24,25)(H,26,27). The zero-order valence-corrected chi connectivity index (χ0v) is 15.5. The molecule has 0 saturated carbocycles. The number of benzene rings is 2. The van der Waals surface area contributed by atoms with Gasteiger partial charge in [-0.1, -0.05) is 54.6 Å². The van der Waals surface area contributed by atoms with Gasteiger partial charge in [-0.2, -0.15) is 0 Å². The summed E-state index contributed by atoms with van der Waals surface area (Å²) < 4.78 is 0. The second-order valence-electron chi connectivity index (χ2n) is 6.90. The fourth-order valence-electron chi connectivity index (χ4n) is 3.54. The van der Waals surface area contributed by atoms with Crippen LogP contribution in [0.3, 0.4) is 0 Å². The van der Waals surface area contributed by atoms with E-state index in [2.05, 4.69) is 86.3 Å². The molecule has 5 nitrogen and oxygen atoms in total. The van der Waals surface area contributed by atoms with Crippen LogP contribution < -0.4 is 10.6 Å². The summed E-state index contributed by atoms with van der Waals surface area (Å²) >= 11 is 0. The molecule has 0 atom stereocenters. The first-order chi connectivity index (χ1) is 13.9. The van der Waals surface area contributed by atoms with Crippen LogP contribution >= 0.6 is 0 Å². The molecule has 0 saturated heterocycles. The van der Waals surface area contributed by atoms with E-state index in [1.165, 1.54) is 0 Å². The Balaban J connectivity index is 1.34. The highest BCUT2D eigenvalue weighted by atomic mass is 15.1. The third kappa shape index (κ3) is 3.27. The van der Waals surface area contributed by atoms with Gasteiger partial charge in [0.15, 0.2) is 0 Å². The molecule has 0 amide bonds. The molecule has 138 valence electrons. The Kier molecular flexibility index (Phi) is 4.33. The lowest BCUT2D eigenvalue weighted by molar-refractivity contribution is 0.960. The molecule has 0 unspecified atom stereocenters. The summed E-state index contributed by atoms with van der Waals surface area (Å²) in [5.74, 6) is 1.97. The first kappa shape index (κ1) is 16.7. The average Bonchev–Trinajstić information content (AvgIpc) is 3.49. The number of aromatic nitrogens is 1. The molecule has 2 aliphatic rings. The first-order valence-corrected chi connectivity index (χ1v) is 9.61.